The largest absolute Gasteiger partial charge is 0.493 e. The molecule has 0 saturated carbocycles. The molecule has 0 aliphatic carbocycles. The number of rotatable bonds is 9. The predicted octanol–water partition coefficient (Wildman–Crippen LogP) is 1.07. The van der Waals surface area contributed by atoms with Crippen LogP contribution in [0.4, 0.5) is 0 Å². The van der Waals surface area contributed by atoms with Gasteiger partial charge in [0, 0.05) is 6.20 Å². The number of imide groups is 1. The van der Waals surface area contributed by atoms with E-state index < -0.39 is 17.8 Å². The number of carbonyl (C=O) groups is 3. The Morgan fingerprint density at radius 2 is 1.80 bits per heavy atom. The van der Waals surface area contributed by atoms with Gasteiger partial charge >= 0.3 is 5.97 Å². The van der Waals surface area contributed by atoms with E-state index in [0.29, 0.717) is 17.1 Å². The first-order valence-corrected chi connectivity index (χ1v) is 8.98. The maximum Gasteiger partial charge on any atom is 0.339 e. The van der Waals surface area contributed by atoms with Crippen LogP contribution in [0.25, 0.3) is 0 Å². The zero-order valence-corrected chi connectivity index (χ0v) is 16.9. The first-order chi connectivity index (χ1) is 14.4. The second-order valence-electron chi connectivity index (χ2n) is 5.85. The van der Waals surface area contributed by atoms with Crippen LogP contribution in [-0.2, 0) is 16.1 Å². The van der Waals surface area contributed by atoms with Crippen LogP contribution >= 0.6 is 0 Å². The highest BCUT2D eigenvalue weighted by molar-refractivity contribution is 6.06. The normalized spacial score (nSPS) is 10.1. The number of aromatic nitrogens is 1. The fraction of sp³-hybridized carbons (Fsp3) is 0.300. The first kappa shape index (κ1) is 22.6. The lowest BCUT2D eigenvalue weighted by molar-refractivity contribution is -0.118. The minimum absolute atomic E-state index is 0.00217. The van der Waals surface area contributed by atoms with Gasteiger partial charge in [0.2, 0.25) is 5.91 Å². The number of nitrogens with zero attached hydrogens (tertiary/aromatic N) is 1. The Labute approximate surface area is 173 Å². The van der Waals surface area contributed by atoms with Gasteiger partial charge in [0.05, 0.1) is 32.9 Å². The maximum atomic E-state index is 12.4. The molecular weight excluding hydrogens is 394 g/mol. The van der Waals surface area contributed by atoms with Gasteiger partial charge in [0.15, 0.2) is 22.9 Å². The molecule has 160 valence electrons. The highest BCUT2D eigenvalue weighted by Crippen LogP contribution is 2.28. The second kappa shape index (κ2) is 10.8. The van der Waals surface area contributed by atoms with E-state index in [1.165, 1.54) is 26.5 Å². The van der Waals surface area contributed by atoms with Crippen molar-refractivity contribution < 1.29 is 33.3 Å². The van der Waals surface area contributed by atoms with Crippen molar-refractivity contribution in [2.24, 2.45) is 5.73 Å². The third-order valence-corrected chi connectivity index (χ3v) is 3.86. The number of amides is 2. The molecule has 1 heterocycles. The summed E-state index contributed by atoms with van der Waals surface area (Å²) in [4.78, 5) is 39.8. The summed E-state index contributed by atoms with van der Waals surface area (Å²) < 4.78 is 21.1. The monoisotopic (exact) mass is 417 g/mol. The Bertz CT molecular complexity index is 931. The minimum atomic E-state index is -0.803. The van der Waals surface area contributed by atoms with E-state index in [1.54, 1.807) is 25.1 Å². The van der Waals surface area contributed by atoms with E-state index in [2.05, 4.69) is 10.3 Å². The lowest BCUT2D eigenvalue weighted by Gasteiger charge is -2.13. The van der Waals surface area contributed by atoms with Gasteiger partial charge in [-0.25, -0.2) is 9.78 Å². The summed E-state index contributed by atoms with van der Waals surface area (Å²) in [7, 11) is 3.03. The van der Waals surface area contributed by atoms with Crippen LogP contribution in [0.1, 0.15) is 33.3 Å². The number of esters is 1. The van der Waals surface area contributed by atoms with Gasteiger partial charge in [0.25, 0.3) is 5.91 Å². The molecule has 0 aliphatic rings. The molecule has 0 fully saturated rings. The SMILES string of the molecule is CCOC(=O)c1cnc(C(=O)NC(=O)CN)c(OCc2ccc(OC)c(OC)c2)c1. The Kier molecular flexibility index (Phi) is 8.12. The van der Waals surface area contributed by atoms with Gasteiger partial charge in [-0.05, 0) is 30.7 Å². The number of pyridine rings is 1. The number of hydrogen-bond donors (Lipinski definition) is 2. The fourth-order valence-corrected chi connectivity index (χ4v) is 2.42. The standard InChI is InChI=1S/C20H23N3O7/c1-4-29-20(26)13-8-16(18(22-10-13)19(25)23-17(24)9-21)30-11-12-5-6-14(27-2)15(7-12)28-3/h5-8,10H,4,9,11,21H2,1-3H3,(H,23,24,25). The summed E-state index contributed by atoms with van der Waals surface area (Å²) in [5.74, 6) is -1.05. The van der Waals surface area contributed by atoms with Crippen molar-refractivity contribution in [2.45, 2.75) is 13.5 Å². The Hall–Kier alpha value is -3.66. The van der Waals surface area contributed by atoms with Crippen molar-refractivity contribution in [3.8, 4) is 17.2 Å². The summed E-state index contributed by atoms with van der Waals surface area (Å²) in [5.41, 5.74) is 5.85. The van der Waals surface area contributed by atoms with Gasteiger partial charge in [-0.2, -0.15) is 0 Å². The molecule has 0 spiro atoms. The highest BCUT2D eigenvalue weighted by atomic mass is 16.5. The topological polar surface area (TPSA) is 139 Å². The van der Waals surface area contributed by atoms with Crippen LogP contribution in [0, 0.1) is 0 Å². The molecule has 0 unspecified atom stereocenters. The summed E-state index contributed by atoms with van der Waals surface area (Å²) >= 11 is 0. The maximum absolute atomic E-state index is 12.4. The second-order valence-corrected chi connectivity index (χ2v) is 5.85. The zero-order chi connectivity index (χ0) is 22.1. The van der Waals surface area contributed by atoms with Crippen LogP contribution in [0.3, 0.4) is 0 Å². The van der Waals surface area contributed by atoms with E-state index in [1.807, 2.05) is 0 Å². The molecule has 0 radical (unpaired) electrons. The van der Waals surface area contributed by atoms with Crippen molar-refractivity contribution in [1.29, 1.82) is 0 Å². The van der Waals surface area contributed by atoms with Crippen LogP contribution in [0.2, 0.25) is 0 Å². The number of hydrogen-bond acceptors (Lipinski definition) is 9. The fourth-order valence-electron chi connectivity index (χ4n) is 2.42. The molecule has 30 heavy (non-hydrogen) atoms. The molecule has 0 saturated heterocycles. The van der Waals surface area contributed by atoms with Gasteiger partial charge in [-0.15, -0.1) is 0 Å². The molecule has 0 atom stereocenters. The Morgan fingerprint density at radius 1 is 1.07 bits per heavy atom. The van der Waals surface area contributed by atoms with Gasteiger partial charge in [0.1, 0.15) is 6.61 Å². The minimum Gasteiger partial charge on any atom is -0.493 e. The van der Waals surface area contributed by atoms with Gasteiger partial charge < -0.3 is 24.7 Å². The molecule has 1 aromatic heterocycles. The van der Waals surface area contributed by atoms with Crippen LogP contribution < -0.4 is 25.3 Å². The van der Waals surface area contributed by atoms with Crippen molar-refractivity contribution >= 4 is 17.8 Å². The summed E-state index contributed by atoms with van der Waals surface area (Å²) in [6.45, 7) is 1.50. The molecule has 10 heteroatoms. The van der Waals surface area contributed by atoms with E-state index in [9.17, 15) is 14.4 Å². The lowest BCUT2D eigenvalue weighted by Crippen LogP contribution is -2.36. The Balaban J connectivity index is 2.32. The third-order valence-electron chi connectivity index (χ3n) is 3.86. The van der Waals surface area contributed by atoms with Gasteiger partial charge in [-0.1, -0.05) is 6.07 Å². The molecule has 3 N–H and O–H groups in total. The van der Waals surface area contributed by atoms with E-state index in [4.69, 9.17) is 24.7 Å². The molecule has 2 aromatic rings. The summed E-state index contributed by atoms with van der Waals surface area (Å²) in [6, 6.07) is 6.49. The van der Waals surface area contributed by atoms with Gasteiger partial charge in [-0.3, -0.25) is 14.9 Å². The van der Waals surface area contributed by atoms with Crippen LogP contribution in [0.5, 0.6) is 17.2 Å². The molecule has 0 aliphatic heterocycles. The van der Waals surface area contributed by atoms with Crippen molar-refractivity contribution in [1.82, 2.24) is 10.3 Å². The molecule has 0 bridgehead atoms. The Morgan fingerprint density at radius 3 is 2.43 bits per heavy atom. The number of carbonyl (C=O) groups excluding carboxylic acids is 3. The number of ether oxygens (including phenoxy) is 4. The van der Waals surface area contributed by atoms with E-state index in [0.717, 1.165) is 0 Å². The summed E-state index contributed by atoms with van der Waals surface area (Å²) in [6.07, 6.45) is 1.17. The van der Waals surface area contributed by atoms with Crippen molar-refractivity contribution in [2.75, 3.05) is 27.4 Å². The first-order valence-electron chi connectivity index (χ1n) is 8.98. The zero-order valence-electron chi connectivity index (χ0n) is 16.9. The quantitative estimate of drug-likeness (QED) is 0.573. The lowest BCUT2D eigenvalue weighted by atomic mass is 10.2. The average Bonchev–Trinajstić information content (AvgIpc) is 2.77. The molecular formula is C20H23N3O7. The van der Waals surface area contributed by atoms with Crippen LogP contribution in [0.15, 0.2) is 30.5 Å². The third kappa shape index (κ3) is 5.67. The van der Waals surface area contributed by atoms with Crippen LogP contribution in [-0.4, -0.2) is 50.1 Å². The molecule has 2 amide bonds. The molecule has 1 aromatic carbocycles. The van der Waals surface area contributed by atoms with E-state index in [-0.39, 0.29) is 36.8 Å². The average molecular weight is 417 g/mol. The smallest absolute Gasteiger partial charge is 0.339 e. The summed E-state index contributed by atoms with van der Waals surface area (Å²) in [5, 5.41) is 2.09. The highest BCUT2D eigenvalue weighted by Gasteiger charge is 2.20. The van der Waals surface area contributed by atoms with Crippen molar-refractivity contribution in [3.63, 3.8) is 0 Å². The van der Waals surface area contributed by atoms with E-state index >= 15 is 0 Å². The number of methoxy groups -OCH3 is 2. The number of benzene rings is 1. The molecule has 10 nitrogen and oxygen atoms in total. The van der Waals surface area contributed by atoms with Crippen molar-refractivity contribution in [3.05, 3.63) is 47.3 Å². The number of nitrogens with one attached hydrogen (secondary N) is 1. The molecule has 2 rings (SSSR count). The predicted molar refractivity (Wildman–Crippen MR) is 106 cm³/mol. The number of nitrogens with two attached hydrogens (primary N) is 1.